The second kappa shape index (κ2) is 6.02. The zero-order valence-electron chi connectivity index (χ0n) is 10.8. The molecule has 0 saturated heterocycles. The standard InChI is InChI=1S/C13H17N3OS/c1-9(14-3)11-4-6-12(7-5-11)18-8-13-10(2)15-17-16-13/h4-7,9,14H,8H2,1-3H3. The molecule has 0 amide bonds. The molecule has 0 aliphatic heterocycles. The van der Waals surface area contributed by atoms with Crippen molar-refractivity contribution in [2.45, 2.75) is 30.5 Å². The molecule has 1 aromatic carbocycles. The lowest BCUT2D eigenvalue weighted by atomic mass is 10.1. The maximum Gasteiger partial charge on any atom is 0.118 e. The van der Waals surface area contributed by atoms with Crippen LogP contribution in [0, 0.1) is 6.92 Å². The number of rotatable bonds is 5. The topological polar surface area (TPSA) is 51.0 Å². The third-order valence-electron chi connectivity index (χ3n) is 2.94. The molecule has 0 spiro atoms. The van der Waals surface area contributed by atoms with Crippen LogP contribution in [0.2, 0.25) is 0 Å². The first-order valence-corrected chi connectivity index (χ1v) is 6.87. The van der Waals surface area contributed by atoms with Crippen molar-refractivity contribution >= 4 is 11.8 Å². The van der Waals surface area contributed by atoms with E-state index in [9.17, 15) is 0 Å². The first-order chi connectivity index (χ1) is 8.70. The van der Waals surface area contributed by atoms with Crippen molar-refractivity contribution in [1.82, 2.24) is 15.6 Å². The van der Waals surface area contributed by atoms with E-state index in [2.05, 4.69) is 51.4 Å². The van der Waals surface area contributed by atoms with E-state index in [4.69, 9.17) is 0 Å². The van der Waals surface area contributed by atoms with Crippen molar-refractivity contribution in [3.05, 3.63) is 41.2 Å². The molecule has 1 aromatic heterocycles. The summed E-state index contributed by atoms with van der Waals surface area (Å²) in [5.41, 5.74) is 3.07. The SMILES string of the molecule is CNC(C)c1ccc(SCc2nonc2C)cc1. The van der Waals surface area contributed by atoms with Gasteiger partial charge in [0.15, 0.2) is 0 Å². The van der Waals surface area contributed by atoms with Gasteiger partial charge in [0.1, 0.15) is 11.4 Å². The van der Waals surface area contributed by atoms with Crippen LogP contribution in [0.25, 0.3) is 0 Å². The fraction of sp³-hybridized carbons (Fsp3) is 0.385. The van der Waals surface area contributed by atoms with Crippen LogP contribution in [-0.4, -0.2) is 17.4 Å². The Morgan fingerprint density at radius 2 is 2.00 bits per heavy atom. The summed E-state index contributed by atoms with van der Waals surface area (Å²) in [7, 11) is 1.97. The van der Waals surface area contributed by atoms with Crippen molar-refractivity contribution in [1.29, 1.82) is 0 Å². The largest absolute Gasteiger partial charge is 0.313 e. The predicted molar refractivity (Wildman–Crippen MR) is 72.5 cm³/mol. The van der Waals surface area contributed by atoms with Gasteiger partial charge in [-0.05, 0) is 38.6 Å². The van der Waals surface area contributed by atoms with Gasteiger partial charge >= 0.3 is 0 Å². The molecule has 1 N–H and O–H groups in total. The molecule has 0 saturated carbocycles. The highest BCUT2D eigenvalue weighted by molar-refractivity contribution is 7.98. The van der Waals surface area contributed by atoms with E-state index < -0.39 is 0 Å². The molecule has 1 atom stereocenters. The molecular weight excluding hydrogens is 246 g/mol. The van der Waals surface area contributed by atoms with Gasteiger partial charge in [-0.3, -0.25) is 0 Å². The van der Waals surface area contributed by atoms with E-state index in [-0.39, 0.29) is 0 Å². The maximum atomic E-state index is 4.68. The first-order valence-electron chi connectivity index (χ1n) is 5.88. The molecule has 0 radical (unpaired) electrons. The predicted octanol–water partition coefficient (Wildman–Crippen LogP) is 2.95. The summed E-state index contributed by atoms with van der Waals surface area (Å²) in [5.74, 6) is 0.788. The molecule has 1 heterocycles. The minimum atomic E-state index is 0.381. The number of hydrogen-bond acceptors (Lipinski definition) is 5. The van der Waals surface area contributed by atoms with Crippen LogP contribution in [0.3, 0.4) is 0 Å². The van der Waals surface area contributed by atoms with E-state index in [0.717, 1.165) is 17.1 Å². The Morgan fingerprint density at radius 3 is 2.56 bits per heavy atom. The van der Waals surface area contributed by atoms with E-state index in [0.29, 0.717) is 6.04 Å². The molecule has 0 bridgehead atoms. The number of nitrogens with zero attached hydrogens (tertiary/aromatic N) is 2. The van der Waals surface area contributed by atoms with Crippen LogP contribution in [0.15, 0.2) is 33.8 Å². The van der Waals surface area contributed by atoms with Gasteiger partial charge in [-0.25, -0.2) is 4.63 Å². The summed E-state index contributed by atoms with van der Waals surface area (Å²) in [6.45, 7) is 4.05. The maximum absolute atomic E-state index is 4.68. The Labute approximate surface area is 111 Å². The van der Waals surface area contributed by atoms with Crippen LogP contribution in [-0.2, 0) is 5.75 Å². The second-order valence-electron chi connectivity index (χ2n) is 4.16. The number of thioether (sulfide) groups is 1. The van der Waals surface area contributed by atoms with Gasteiger partial charge in [-0.15, -0.1) is 11.8 Å². The van der Waals surface area contributed by atoms with Crippen LogP contribution in [0.1, 0.15) is 29.9 Å². The van der Waals surface area contributed by atoms with Gasteiger partial charge in [0.05, 0.1) is 0 Å². The first kappa shape index (κ1) is 13.1. The number of nitrogens with one attached hydrogen (secondary N) is 1. The van der Waals surface area contributed by atoms with Crippen LogP contribution < -0.4 is 5.32 Å². The summed E-state index contributed by atoms with van der Waals surface area (Å²) in [6.07, 6.45) is 0. The minimum absolute atomic E-state index is 0.381. The van der Waals surface area contributed by atoms with Crippen molar-refractivity contribution in [3.63, 3.8) is 0 Å². The number of aryl methyl sites for hydroxylation is 1. The van der Waals surface area contributed by atoms with Gasteiger partial charge in [-0.1, -0.05) is 22.4 Å². The molecule has 18 heavy (non-hydrogen) atoms. The zero-order chi connectivity index (χ0) is 13.0. The van der Waals surface area contributed by atoms with E-state index >= 15 is 0 Å². The van der Waals surface area contributed by atoms with Gasteiger partial charge < -0.3 is 5.32 Å². The zero-order valence-corrected chi connectivity index (χ0v) is 11.6. The molecule has 0 aliphatic carbocycles. The fourth-order valence-corrected chi connectivity index (χ4v) is 2.45. The Hall–Kier alpha value is -1.33. The smallest absolute Gasteiger partial charge is 0.118 e. The molecule has 1 unspecified atom stereocenters. The summed E-state index contributed by atoms with van der Waals surface area (Å²) in [5, 5.41) is 10.9. The van der Waals surface area contributed by atoms with Gasteiger partial charge in [-0.2, -0.15) is 0 Å². The van der Waals surface area contributed by atoms with E-state index in [1.54, 1.807) is 11.8 Å². The minimum Gasteiger partial charge on any atom is -0.313 e. The molecule has 5 heteroatoms. The number of hydrogen-bond donors (Lipinski definition) is 1. The van der Waals surface area contributed by atoms with E-state index in [1.165, 1.54) is 10.5 Å². The summed E-state index contributed by atoms with van der Waals surface area (Å²) < 4.78 is 4.68. The third-order valence-corrected chi connectivity index (χ3v) is 3.96. The van der Waals surface area contributed by atoms with Gasteiger partial charge in [0.2, 0.25) is 0 Å². The molecule has 2 rings (SSSR count). The lowest BCUT2D eigenvalue weighted by Crippen LogP contribution is -2.11. The summed E-state index contributed by atoms with van der Waals surface area (Å²) in [6, 6.07) is 8.95. The van der Waals surface area contributed by atoms with Crippen molar-refractivity contribution < 1.29 is 4.63 Å². The lowest BCUT2D eigenvalue weighted by molar-refractivity contribution is 0.302. The van der Waals surface area contributed by atoms with E-state index in [1.807, 2.05) is 14.0 Å². The highest BCUT2D eigenvalue weighted by Crippen LogP contribution is 2.24. The summed E-state index contributed by atoms with van der Waals surface area (Å²) in [4.78, 5) is 1.23. The van der Waals surface area contributed by atoms with Crippen LogP contribution in [0.5, 0.6) is 0 Å². The van der Waals surface area contributed by atoms with Crippen molar-refractivity contribution in [2.24, 2.45) is 0 Å². The second-order valence-corrected chi connectivity index (χ2v) is 5.21. The average Bonchev–Trinajstić information content (AvgIpc) is 2.81. The Balaban J connectivity index is 1.96. The molecule has 96 valence electrons. The molecule has 0 aliphatic rings. The third kappa shape index (κ3) is 3.11. The highest BCUT2D eigenvalue weighted by Gasteiger charge is 2.06. The average molecular weight is 263 g/mol. The van der Waals surface area contributed by atoms with Crippen molar-refractivity contribution in [3.8, 4) is 0 Å². The monoisotopic (exact) mass is 263 g/mol. The normalized spacial score (nSPS) is 12.6. The molecule has 0 fully saturated rings. The molecule has 2 aromatic rings. The van der Waals surface area contributed by atoms with Crippen molar-refractivity contribution in [2.75, 3.05) is 7.05 Å². The Bertz CT molecular complexity index is 495. The van der Waals surface area contributed by atoms with Gasteiger partial charge in [0, 0.05) is 16.7 Å². The highest BCUT2D eigenvalue weighted by atomic mass is 32.2. The number of aromatic nitrogens is 2. The van der Waals surface area contributed by atoms with Crippen LogP contribution in [0.4, 0.5) is 0 Å². The van der Waals surface area contributed by atoms with Crippen LogP contribution >= 0.6 is 11.8 Å². The molecular formula is C13H17N3OS. The Kier molecular flexibility index (Phi) is 4.38. The fourth-order valence-electron chi connectivity index (χ4n) is 1.55. The summed E-state index contributed by atoms with van der Waals surface area (Å²) >= 11 is 1.74. The van der Waals surface area contributed by atoms with Gasteiger partial charge in [0.25, 0.3) is 0 Å². The Morgan fingerprint density at radius 1 is 1.28 bits per heavy atom. The quantitative estimate of drug-likeness (QED) is 0.840. The lowest BCUT2D eigenvalue weighted by Gasteiger charge is -2.10. The number of benzene rings is 1. The molecule has 4 nitrogen and oxygen atoms in total.